The maximum Gasteiger partial charge on any atom is 0.253 e. The number of methoxy groups -OCH3 is 2. The van der Waals surface area contributed by atoms with E-state index < -0.39 is 62.7 Å². The predicted molar refractivity (Wildman–Crippen MR) is 181 cm³/mol. The summed E-state index contributed by atoms with van der Waals surface area (Å²) in [5.74, 6) is -6.05. The Hall–Kier alpha value is -4.67. The first-order valence-electron chi connectivity index (χ1n) is 15.6. The Balaban J connectivity index is 1.22. The van der Waals surface area contributed by atoms with Gasteiger partial charge in [0.05, 0.1) is 31.7 Å². The van der Waals surface area contributed by atoms with Crippen LogP contribution in [0.5, 0.6) is 17.2 Å². The number of benzene rings is 3. The van der Waals surface area contributed by atoms with E-state index in [9.17, 15) is 28.7 Å². The molecule has 1 saturated carbocycles. The minimum absolute atomic E-state index is 0.165. The smallest absolute Gasteiger partial charge is 0.253 e. The molecule has 6 atom stereocenters. The number of aromatic hydroxyl groups is 1. The molecule has 1 N–H and O–H groups in total. The monoisotopic (exact) mass is 704 g/mol. The van der Waals surface area contributed by atoms with E-state index >= 15 is 0 Å². The molecule has 252 valence electrons. The number of carbonyl (C=O) groups excluding carboxylic acids is 4. The lowest BCUT2D eigenvalue weighted by molar-refractivity contribution is -0.138. The Morgan fingerprint density at radius 3 is 2.31 bits per heavy atom. The van der Waals surface area contributed by atoms with E-state index in [2.05, 4.69) is 0 Å². The fraction of sp³-hybridized carbons (Fsp3) is 0.297. The van der Waals surface area contributed by atoms with E-state index in [1.807, 2.05) is 18.2 Å². The summed E-state index contributed by atoms with van der Waals surface area (Å²) < 4.78 is 25.5. The number of likely N-dealkylation sites (tertiary alicyclic amines) is 1. The largest absolute Gasteiger partial charge is 0.505 e. The van der Waals surface area contributed by atoms with Crippen molar-refractivity contribution in [3.63, 3.8) is 0 Å². The Morgan fingerprint density at radius 1 is 0.898 bits per heavy atom. The zero-order valence-corrected chi connectivity index (χ0v) is 28.2. The highest BCUT2D eigenvalue weighted by molar-refractivity contribution is 6.53. The van der Waals surface area contributed by atoms with Gasteiger partial charge in [0, 0.05) is 18.5 Å². The van der Waals surface area contributed by atoms with E-state index in [1.54, 1.807) is 56.7 Å². The van der Waals surface area contributed by atoms with Crippen molar-refractivity contribution in [2.75, 3.05) is 26.2 Å². The lowest BCUT2D eigenvalue weighted by Gasteiger charge is -2.50. The van der Waals surface area contributed by atoms with Gasteiger partial charge in [0.25, 0.3) is 11.8 Å². The fourth-order valence-electron chi connectivity index (χ4n) is 7.97. The summed E-state index contributed by atoms with van der Waals surface area (Å²) in [5.41, 5.74) is 2.74. The number of allylic oxidation sites excluding steroid dienone is 2. The number of phenols is 1. The Morgan fingerprint density at radius 2 is 1.63 bits per heavy atom. The number of hydrogen-bond acceptors (Lipinski definition) is 7. The van der Waals surface area contributed by atoms with Gasteiger partial charge >= 0.3 is 0 Å². The molecule has 9 nitrogen and oxygen atoms in total. The van der Waals surface area contributed by atoms with Crippen LogP contribution in [0.4, 0.5) is 10.1 Å². The normalized spacial score (nSPS) is 29.2. The number of alkyl halides is 2. The molecule has 2 aliphatic carbocycles. The van der Waals surface area contributed by atoms with Crippen molar-refractivity contribution in [1.82, 2.24) is 4.90 Å². The van der Waals surface area contributed by atoms with E-state index in [0.717, 1.165) is 33.1 Å². The molecule has 7 rings (SSSR count). The van der Waals surface area contributed by atoms with Crippen molar-refractivity contribution in [3.8, 4) is 17.2 Å². The molecular weight excluding hydrogens is 674 g/mol. The molecular formula is C37H31Cl2FN2O7. The Labute approximate surface area is 291 Å². The Bertz CT molecular complexity index is 2000. The summed E-state index contributed by atoms with van der Waals surface area (Å²) >= 11 is 14.3. The van der Waals surface area contributed by atoms with Crippen LogP contribution in [0, 0.1) is 23.6 Å². The first-order valence-corrected chi connectivity index (χ1v) is 16.4. The molecule has 3 aromatic rings. The Kier molecular flexibility index (Phi) is 7.87. The molecule has 3 aromatic carbocycles. The van der Waals surface area contributed by atoms with Crippen LogP contribution in [-0.2, 0) is 19.2 Å². The number of nitrogens with zero attached hydrogens (tertiary/aromatic N) is 2. The molecule has 49 heavy (non-hydrogen) atoms. The number of ether oxygens (including phenoxy) is 2. The van der Waals surface area contributed by atoms with Gasteiger partial charge in [-0.25, -0.2) is 4.39 Å². The van der Waals surface area contributed by atoms with Crippen LogP contribution in [0.15, 0.2) is 72.3 Å². The maximum absolute atomic E-state index is 14.7. The summed E-state index contributed by atoms with van der Waals surface area (Å²) in [7, 11) is 4.44. The van der Waals surface area contributed by atoms with Gasteiger partial charge in [-0.05, 0) is 72.4 Å². The van der Waals surface area contributed by atoms with Gasteiger partial charge in [0.15, 0.2) is 21.3 Å². The van der Waals surface area contributed by atoms with Crippen molar-refractivity contribution in [3.05, 3.63) is 94.8 Å². The molecule has 3 fully saturated rings. The van der Waals surface area contributed by atoms with Gasteiger partial charge in [0.1, 0.15) is 11.5 Å². The number of rotatable bonds is 6. The average Bonchev–Trinajstić information content (AvgIpc) is 3.43. The zero-order valence-electron chi connectivity index (χ0n) is 26.7. The van der Waals surface area contributed by atoms with Crippen LogP contribution < -0.4 is 14.4 Å². The molecule has 0 bridgehead atoms. The van der Waals surface area contributed by atoms with E-state index in [0.29, 0.717) is 22.8 Å². The first-order chi connectivity index (χ1) is 23.3. The molecule has 2 heterocycles. The number of anilines is 1. The molecule has 2 aliphatic heterocycles. The first kappa shape index (κ1) is 32.9. The van der Waals surface area contributed by atoms with Crippen LogP contribution in [-0.4, -0.2) is 64.7 Å². The number of carbonyl (C=O) groups is 4. The van der Waals surface area contributed by atoms with Crippen LogP contribution in [0.2, 0.25) is 0 Å². The highest BCUT2D eigenvalue weighted by Crippen LogP contribution is 2.65. The minimum atomic E-state index is -2.04. The third kappa shape index (κ3) is 4.71. The quantitative estimate of drug-likeness (QED) is 0.147. The highest BCUT2D eigenvalue weighted by atomic mass is 35.5. The molecule has 0 spiro atoms. The number of halogens is 3. The minimum Gasteiger partial charge on any atom is -0.505 e. The predicted octanol–water partition coefficient (Wildman–Crippen LogP) is 5.91. The van der Waals surface area contributed by atoms with Crippen molar-refractivity contribution < 1.29 is 38.1 Å². The van der Waals surface area contributed by atoms with Gasteiger partial charge in [-0.1, -0.05) is 42.0 Å². The topological polar surface area (TPSA) is 113 Å². The number of phenolic OH excluding ortho intramolecular Hbond substituents is 1. The van der Waals surface area contributed by atoms with Crippen molar-refractivity contribution in [2.24, 2.45) is 17.8 Å². The van der Waals surface area contributed by atoms with Gasteiger partial charge in [0.2, 0.25) is 11.8 Å². The van der Waals surface area contributed by atoms with Gasteiger partial charge in [-0.15, -0.1) is 23.2 Å². The van der Waals surface area contributed by atoms with Gasteiger partial charge in [-0.2, -0.15) is 0 Å². The summed E-state index contributed by atoms with van der Waals surface area (Å²) in [6, 6.07) is 16.0. The highest BCUT2D eigenvalue weighted by Gasteiger charge is 2.75. The number of imide groups is 2. The van der Waals surface area contributed by atoms with Crippen LogP contribution in [0.1, 0.15) is 35.4 Å². The van der Waals surface area contributed by atoms with Crippen LogP contribution >= 0.6 is 23.2 Å². The molecule has 0 aromatic heterocycles. The number of amides is 4. The summed E-state index contributed by atoms with van der Waals surface area (Å²) in [6.45, 7) is 0. The lowest BCUT2D eigenvalue weighted by Crippen LogP contribution is -2.60. The summed E-state index contributed by atoms with van der Waals surface area (Å²) in [4.78, 5) is 53.4. The number of fused-ring (bicyclic) bond motifs is 4. The SMILES string of the molecule is COc1ccc(OC)c(C=Cc2ccc(N3C(=O)[C@H]4[C@H](CC=C5[C@H]4C[C@@]4(Cl)C(=O)N(C)C(=O)[C@@]4(Cl)[C@H]5c4ccc(O)c(F)c4)C3=O)cc2)c1. The summed E-state index contributed by atoms with van der Waals surface area (Å²) in [5, 5.41) is 9.90. The van der Waals surface area contributed by atoms with Crippen molar-refractivity contribution in [2.45, 2.75) is 28.5 Å². The molecule has 12 heteroatoms. The third-order valence-corrected chi connectivity index (χ3v) is 11.8. The third-order valence-electron chi connectivity index (χ3n) is 10.4. The fourth-order valence-corrected chi connectivity index (χ4v) is 8.98. The summed E-state index contributed by atoms with van der Waals surface area (Å²) in [6.07, 6.45) is 5.50. The van der Waals surface area contributed by atoms with Gasteiger partial charge in [-0.3, -0.25) is 29.0 Å². The second kappa shape index (κ2) is 11.7. The average molecular weight is 706 g/mol. The molecule has 4 aliphatic rings. The van der Waals surface area contributed by atoms with Crippen LogP contribution in [0.25, 0.3) is 12.2 Å². The van der Waals surface area contributed by atoms with E-state index in [4.69, 9.17) is 32.7 Å². The van der Waals surface area contributed by atoms with Crippen molar-refractivity contribution >= 4 is 64.7 Å². The zero-order chi connectivity index (χ0) is 35.0. The molecule has 0 radical (unpaired) electrons. The standard InChI is InChI=1S/C37H31Cl2FN2O7/c1-41-34(46)36(38)18-26-24(31(37(36,39)35(41)47)21-8-14-28(43)27(40)17-21)12-13-25-30(26)33(45)42(32(25)44)22-9-5-19(6-10-22)4-7-20-16-23(48-2)11-15-29(20)49-3/h4-12,14-17,25-26,30-31,43H,13,18H2,1-3H3/t25-,26+,30-,31-,36+,37-/m0/s1. The van der Waals surface area contributed by atoms with E-state index in [1.165, 1.54) is 13.1 Å². The second-order valence-electron chi connectivity index (χ2n) is 12.8. The van der Waals surface area contributed by atoms with E-state index in [-0.39, 0.29) is 24.3 Å². The van der Waals surface area contributed by atoms with Gasteiger partial charge < -0.3 is 14.6 Å². The molecule has 0 unspecified atom stereocenters. The number of hydrogen-bond donors (Lipinski definition) is 1. The molecule has 2 saturated heterocycles. The van der Waals surface area contributed by atoms with Crippen molar-refractivity contribution in [1.29, 1.82) is 0 Å². The maximum atomic E-state index is 14.7. The lowest BCUT2D eigenvalue weighted by atomic mass is 9.56. The molecule has 4 amide bonds. The second-order valence-corrected chi connectivity index (χ2v) is 14.0. The van der Waals surface area contributed by atoms with Crippen LogP contribution in [0.3, 0.4) is 0 Å².